The van der Waals surface area contributed by atoms with E-state index in [2.05, 4.69) is 15.3 Å². The Morgan fingerprint density at radius 2 is 2.00 bits per heavy atom. The van der Waals surface area contributed by atoms with E-state index in [-0.39, 0.29) is 5.91 Å². The fourth-order valence-electron chi connectivity index (χ4n) is 1.30. The van der Waals surface area contributed by atoms with E-state index in [1.807, 2.05) is 0 Å². The molecule has 0 unspecified atom stereocenters. The van der Waals surface area contributed by atoms with Crippen molar-refractivity contribution in [3.8, 4) is 5.75 Å². The second-order valence-corrected chi connectivity index (χ2v) is 3.27. The highest BCUT2D eigenvalue weighted by atomic mass is 16.5. The third-order valence-corrected chi connectivity index (χ3v) is 2.15. The molecule has 2 aromatic heterocycles. The Morgan fingerprint density at radius 1 is 1.24 bits per heavy atom. The number of hydrogen-bond donors (Lipinski definition) is 1. The maximum atomic E-state index is 11.8. The molecule has 0 fully saturated rings. The van der Waals surface area contributed by atoms with Crippen molar-refractivity contribution in [2.75, 3.05) is 12.4 Å². The molecule has 17 heavy (non-hydrogen) atoms. The Hall–Kier alpha value is -2.43. The number of carbonyl (C=O) groups excluding carboxylic acids is 1. The van der Waals surface area contributed by atoms with Crippen LogP contribution in [-0.2, 0) is 0 Å². The van der Waals surface area contributed by atoms with Gasteiger partial charge in [0.2, 0.25) is 0 Å². The number of carbonyl (C=O) groups is 1. The van der Waals surface area contributed by atoms with Gasteiger partial charge in [-0.1, -0.05) is 0 Å². The van der Waals surface area contributed by atoms with Gasteiger partial charge in [0.05, 0.1) is 7.11 Å². The van der Waals surface area contributed by atoms with Crippen LogP contribution in [0.15, 0.2) is 42.9 Å². The average Bonchev–Trinajstić information content (AvgIpc) is 2.40. The van der Waals surface area contributed by atoms with E-state index in [1.54, 1.807) is 50.0 Å². The third-order valence-electron chi connectivity index (χ3n) is 2.15. The molecule has 1 N–H and O–H groups in total. The van der Waals surface area contributed by atoms with Crippen LogP contribution in [0.5, 0.6) is 5.75 Å². The predicted octanol–water partition coefficient (Wildman–Crippen LogP) is 1.74. The number of nitrogens with zero attached hydrogens (tertiary/aromatic N) is 2. The molecule has 0 spiro atoms. The molecule has 0 aliphatic heterocycles. The van der Waals surface area contributed by atoms with Crippen molar-refractivity contribution in [1.29, 1.82) is 0 Å². The van der Waals surface area contributed by atoms with Gasteiger partial charge in [0, 0.05) is 30.2 Å². The standard InChI is InChI=1S/C12H11N3O2/c1-17-10-4-7-14-11(8-10)15-12(16)9-2-5-13-6-3-9/h2-8H,1H3,(H,14,15,16). The summed E-state index contributed by atoms with van der Waals surface area (Å²) in [7, 11) is 1.56. The van der Waals surface area contributed by atoms with E-state index in [1.165, 1.54) is 0 Å². The number of aromatic nitrogens is 2. The largest absolute Gasteiger partial charge is 0.497 e. The van der Waals surface area contributed by atoms with Gasteiger partial charge in [-0.2, -0.15) is 0 Å². The Kier molecular flexibility index (Phi) is 3.30. The maximum absolute atomic E-state index is 11.8. The zero-order valence-corrected chi connectivity index (χ0v) is 9.25. The second-order valence-electron chi connectivity index (χ2n) is 3.27. The van der Waals surface area contributed by atoms with Gasteiger partial charge in [-0.15, -0.1) is 0 Å². The van der Waals surface area contributed by atoms with E-state index in [4.69, 9.17) is 4.74 Å². The van der Waals surface area contributed by atoms with Gasteiger partial charge in [-0.25, -0.2) is 4.98 Å². The molecular formula is C12H11N3O2. The number of hydrogen-bond acceptors (Lipinski definition) is 4. The van der Waals surface area contributed by atoms with Crippen LogP contribution in [0.25, 0.3) is 0 Å². The van der Waals surface area contributed by atoms with E-state index >= 15 is 0 Å². The zero-order valence-electron chi connectivity index (χ0n) is 9.25. The highest BCUT2D eigenvalue weighted by Gasteiger charge is 2.06. The first-order valence-electron chi connectivity index (χ1n) is 5.01. The number of nitrogens with one attached hydrogen (secondary N) is 1. The Morgan fingerprint density at radius 3 is 2.71 bits per heavy atom. The van der Waals surface area contributed by atoms with Gasteiger partial charge in [-0.3, -0.25) is 9.78 Å². The number of ether oxygens (including phenoxy) is 1. The SMILES string of the molecule is COc1ccnc(NC(=O)c2ccncc2)c1. The van der Waals surface area contributed by atoms with Crippen LogP contribution < -0.4 is 10.1 Å². The molecule has 0 radical (unpaired) electrons. The van der Waals surface area contributed by atoms with Gasteiger partial charge in [0.15, 0.2) is 0 Å². The number of pyridine rings is 2. The lowest BCUT2D eigenvalue weighted by atomic mass is 10.2. The van der Waals surface area contributed by atoms with Gasteiger partial charge >= 0.3 is 0 Å². The van der Waals surface area contributed by atoms with Crippen LogP contribution in [0.2, 0.25) is 0 Å². The molecule has 1 amide bonds. The smallest absolute Gasteiger partial charge is 0.256 e. The summed E-state index contributed by atoms with van der Waals surface area (Å²) in [6.07, 6.45) is 4.70. The highest BCUT2D eigenvalue weighted by Crippen LogP contribution is 2.14. The van der Waals surface area contributed by atoms with Crippen LogP contribution in [0.4, 0.5) is 5.82 Å². The molecule has 2 heterocycles. The normalized spacial score (nSPS) is 9.71. The Bertz CT molecular complexity index is 514. The summed E-state index contributed by atoms with van der Waals surface area (Å²) in [6, 6.07) is 6.63. The summed E-state index contributed by atoms with van der Waals surface area (Å²) in [5, 5.41) is 2.68. The molecule has 0 saturated heterocycles. The number of methoxy groups -OCH3 is 1. The molecule has 0 bridgehead atoms. The summed E-state index contributed by atoms with van der Waals surface area (Å²) in [4.78, 5) is 19.7. The molecule has 0 aliphatic rings. The lowest BCUT2D eigenvalue weighted by Gasteiger charge is -2.05. The van der Waals surface area contributed by atoms with E-state index < -0.39 is 0 Å². The molecular weight excluding hydrogens is 218 g/mol. The van der Waals surface area contributed by atoms with Crippen LogP contribution in [-0.4, -0.2) is 23.0 Å². The quantitative estimate of drug-likeness (QED) is 0.870. The van der Waals surface area contributed by atoms with Crippen LogP contribution >= 0.6 is 0 Å². The summed E-state index contributed by atoms with van der Waals surface area (Å²) < 4.78 is 5.04. The lowest BCUT2D eigenvalue weighted by molar-refractivity contribution is 0.102. The predicted molar refractivity (Wildman–Crippen MR) is 63.0 cm³/mol. The molecule has 0 aromatic carbocycles. The van der Waals surface area contributed by atoms with E-state index in [0.29, 0.717) is 17.1 Å². The first-order valence-corrected chi connectivity index (χ1v) is 5.01. The first-order chi connectivity index (χ1) is 8.29. The topological polar surface area (TPSA) is 64.1 Å². The van der Waals surface area contributed by atoms with Crippen molar-refractivity contribution in [1.82, 2.24) is 9.97 Å². The van der Waals surface area contributed by atoms with E-state index in [9.17, 15) is 4.79 Å². The Labute approximate surface area is 98.5 Å². The minimum Gasteiger partial charge on any atom is -0.497 e. The summed E-state index contributed by atoms with van der Waals surface area (Å²) in [6.45, 7) is 0. The van der Waals surface area contributed by atoms with Crippen LogP contribution in [0.1, 0.15) is 10.4 Å². The van der Waals surface area contributed by atoms with Crippen molar-refractivity contribution in [2.24, 2.45) is 0 Å². The van der Waals surface area contributed by atoms with E-state index in [0.717, 1.165) is 0 Å². The lowest BCUT2D eigenvalue weighted by Crippen LogP contribution is -2.12. The molecule has 0 atom stereocenters. The van der Waals surface area contributed by atoms with Crippen molar-refractivity contribution in [2.45, 2.75) is 0 Å². The van der Waals surface area contributed by atoms with Gasteiger partial charge in [0.25, 0.3) is 5.91 Å². The summed E-state index contributed by atoms with van der Waals surface area (Å²) >= 11 is 0. The number of anilines is 1. The molecule has 5 heteroatoms. The molecule has 5 nitrogen and oxygen atoms in total. The minimum absolute atomic E-state index is 0.229. The summed E-state index contributed by atoms with van der Waals surface area (Å²) in [5.41, 5.74) is 0.532. The fourth-order valence-corrected chi connectivity index (χ4v) is 1.30. The second kappa shape index (κ2) is 5.07. The van der Waals surface area contributed by atoms with Crippen molar-refractivity contribution < 1.29 is 9.53 Å². The third kappa shape index (κ3) is 2.78. The van der Waals surface area contributed by atoms with Crippen molar-refractivity contribution in [3.63, 3.8) is 0 Å². The van der Waals surface area contributed by atoms with Gasteiger partial charge in [0.1, 0.15) is 11.6 Å². The zero-order chi connectivity index (χ0) is 12.1. The van der Waals surface area contributed by atoms with Crippen molar-refractivity contribution >= 4 is 11.7 Å². The highest BCUT2D eigenvalue weighted by molar-refractivity contribution is 6.03. The molecule has 86 valence electrons. The van der Waals surface area contributed by atoms with Gasteiger partial charge < -0.3 is 10.1 Å². The van der Waals surface area contributed by atoms with Crippen LogP contribution in [0.3, 0.4) is 0 Å². The molecule has 2 aromatic rings. The number of rotatable bonds is 3. The minimum atomic E-state index is -0.229. The summed E-state index contributed by atoms with van der Waals surface area (Å²) in [5.74, 6) is 0.865. The van der Waals surface area contributed by atoms with Crippen LogP contribution in [0, 0.1) is 0 Å². The maximum Gasteiger partial charge on any atom is 0.256 e. The molecule has 0 aliphatic carbocycles. The monoisotopic (exact) mass is 229 g/mol. The average molecular weight is 229 g/mol. The number of amides is 1. The molecule has 2 rings (SSSR count). The fraction of sp³-hybridized carbons (Fsp3) is 0.0833. The molecule has 0 saturated carbocycles. The first kappa shape index (κ1) is 11.1. The van der Waals surface area contributed by atoms with Gasteiger partial charge in [-0.05, 0) is 18.2 Å². The Balaban J connectivity index is 2.13. The van der Waals surface area contributed by atoms with Crippen molar-refractivity contribution in [3.05, 3.63) is 48.4 Å².